The molecular formula is C24H30N2O5S. The minimum absolute atomic E-state index is 0.118. The summed E-state index contributed by atoms with van der Waals surface area (Å²) in [6.45, 7) is 5.78. The first-order valence-corrected chi connectivity index (χ1v) is 12.0. The first-order valence-electron chi connectivity index (χ1n) is 10.6. The molecule has 1 N–H and O–H groups in total. The Morgan fingerprint density at radius 1 is 1.22 bits per heavy atom. The second kappa shape index (κ2) is 9.42. The van der Waals surface area contributed by atoms with Crippen molar-refractivity contribution in [1.29, 1.82) is 0 Å². The lowest BCUT2D eigenvalue weighted by Crippen LogP contribution is -2.34. The highest BCUT2D eigenvalue weighted by molar-refractivity contribution is 7.89. The van der Waals surface area contributed by atoms with E-state index >= 15 is 0 Å². The van der Waals surface area contributed by atoms with E-state index in [1.54, 1.807) is 52.3 Å². The lowest BCUT2D eigenvalue weighted by Gasteiger charge is -2.24. The van der Waals surface area contributed by atoms with Crippen LogP contribution in [0.4, 0.5) is 5.69 Å². The number of aromatic carboxylic acids is 1. The molecule has 8 heteroatoms. The third-order valence-corrected chi connectivity index (χ3v) is 8.07. The Kier molecular flexibility index (Phi) is 7.05. The zero-order chi connectivity index (χ0) is 23.6. The van der Waals surface area contributed by atoms with Crippen LogP contribution in [-0.4, -0.2) is 50.2 Å². The van der Waals surface area contributed by atoms with Crippen molar-refractivity contribution in [3.63, 3.8) is 0 Å². The van der Waals surface area contributed by atoms with Gasteiger partial charge in [-0.3, -0.25) is 4.99 Å². The van der Waals surface area contributed by atoms with Crippen molar-refractivity contribution in [2.24, 2.45) is 10.9 Å². The summed E-state index contributed by atoms with van der Waals surface area (Å²) < 4.78 is 33.3. The number of hydrogen-bond donors (Lipinski definition) is 1. The molecule has 0 aromatic heterocycles. The first-order chi connectivity index (χ1) is 15.1. The third kappa shape index (κ3) is 4.71. The van der Waals surface area contributed by atoms with Gasteiger partial charge in [-0.1, -0.05) is 13.0 Å². The maximum absolute atomic E-state index is 13.4. The fraction of sp³-hybridized carbons (Fsp3) is 0.417. The van der Waals surface area contributed by atoms with Crippen molar-refractivity contribution in [1.82, 2.24) is 4.31 Å². The van der Waals surface area contributed by atoms with Gasteiger partial charge < -0.3 is 9.84 Å². The van der Waals surface area contributed by atoms with Gasteiger partial charge in [-0.05, 0) is 74.1 Å². The molecule has 0 spiro atoms. The number of benzene rings is 2. The topological polar surface area (TPSA) is 96.3 Å². The van der Waals surface area contributed by atoms with Gasteiger partial charge in [0.25, 0.3) is 0 Å². The number of carboxylic acid groups (broad SMARTS) is 1. The second-order valence-electron chi connectivity index (χ2n) is 8.34. The normalized spacial score (nSPS) is 15.0. The highest BCUT2D eigenvalue weighted by Crippen LogP contribution is 2.31. The lowest BCUT2D eigenvalue weighted by atomic mass is 9.98. The SMILES string of the molecule is COc1cc(C)c(S(=O)(=O)N(C)CC(C)C2=Nc3cccc(C(=O)O)c3CCC2)c(C)c1. The Labute approximate surface area is 189 Å². The molecule has 3 rings (SSSR count). The Bertz CT molecular complexity index is 1150. The molecule has 1 atom stereocenters. The number of ether oxygens (including phenoxy) is 1. The number of aliphatic imine (C=N–C) groups is 1. The smallest absolute Gasteiger partial charge is 0.336 e. The maximum Gasteiger partial charge on any atom is 0.336 e. The van der Waals surface area contributed by atoms with Crippen LogP contribution in [0.15, 0.2) is 40.2 Å². The Morgan fingerprint density at radius 3 is 2.47 bits per heavy atom. The first kappa shape index (κ1) is 23.9. The largest absolute Gasteiger partial charge is 0.497 e. The van der Waals surface area contributed by atoms with Gasteiger partial charge in [0, 0.05) is 25.2 Å². The number of carboxylic acids is 1. The van der Waals surface area contributed by atoms with Crippen LogP contribution in [0.5, 0.6) is 5.75 Å². The molecule has 1 unspecified atom stereocenters. The van der Waals surface area contributed by atoms with E-state index in [9.17, 15) is 18.3 Å². The molecule has 0 saturated carbocycles. The standard InChI is InChI=1S/C24H30N2O5S/c1-15-12-18(31-5)13-16(2)23(15)32(29,30)26(4)14-17(3)21-10-6-8-19-20(24(27)28)9-7-11-22(19)25-21/h7,9,11-13,17H,6,8,10,14H2,1-5H3,(H,27,28). The molecular weight excluding hydrogens is 428 g/mol. The molecule has 0 aliphatic carbocycles. The number of rotatable bonds is 7. The van der Waals surface area contributed by atoms with E-state index < -0.39 is 16.0 Å². The maximum atomic E-state index is 13.4. The molecule has 32 heavy (non-hydrogen) atoms. The van der Waals surface area contributed by atoms with E-state index in [-0.39, 0.29) is 18.0 Å². The van der Waals surface area contributed by atoms with Gasteiger partial charge in [0.1, 0.15) is 5.75 Å². The molecule has 1 aliphatic rings. The summed E-state index contributed by atoms with van der Waals surface area (Å²) in [4.78, 5) is 16.6. The number of carbonyl (C=O) groups is 1. The second-order valence-corrected chi connectivity index (χ2v) is 10.3. The third-order valence-electron chi connectivity index (χ3n) is 5.94. The fourth-order valence-corrected chi connectivity index (χ4v) is 6.00. The minimum Gasteiger partial charge on any atom is -0.497 e. The molecule has 2 aromatic carbocycles. The van der Waals surface area contributed by atoms with E-state index in [0.717, 1.165) is 17.7 Å². The van der Waals surface area contributed by atoms with Crippen LogP contribution in [0, 0.1) is 19.8 Å². The van der Waals surface area contributed by atoms with Crippen LogP contribution in [0.2, 0.25) is 0 Å². The Hall–Kier alpha value is -2.71. The lowest BCUT2D eigenvalue weighted by molar-refractivity contribution is 0.0695. The van der Waals surface area contributed by atoms with Crippen molar-refractivity contribution in [3.8, 4) is 5.75 Å². The van der Waals surface area contributed by atoms with E-state index in [0.29, 0.717) is 40.3 Å². The molecule has 0 radical (unpaired) electrons. The summed E-state index contributed by atoms with van der Waals surface area (Å²) in [5, 5.41) is 9.47. The van der Waals surface area contributed by atoms with Crippen LogP contribution in [0.25, 0.3) is 0 Å². The van der Waals surface area contributed by atoms with E-state index in [2.05, 4.69) is 0 Å². The summed E-state index contributed by atoms with van der Waals surface area (Å²) in [5.41, 5.74) is 3.86. The van der Waals surface area contributed by atoms with Crippen molar-refractivity contribution in [2.75, 3.05) is 20.7 Å². The van der Waals surface area contributed by atoms with E-state index in [1.807, 2.05) is 13.0 Å². The molecule has 1 aliphatic heterocycles. The average Bonchev–Trinajstić information content (AvgIpc) is 2.95. The van der Waals surface area contributed by atoms with Gasteiger partial charge in [0.05, 0.1) is 23.3 Å². The van der Waals surface area contributed by atoms with E-state index in [4.69, 9.17) is 9.73 Å². The fourth-order valence-electron chi connectivity index (χ4n) is 4.34. The van der Waals surface area contributed by atoms with Crippen LogP contribution in [-0.2, 0) is 16.4 Å². The molecule has 1 heterocycles. The predicted octanol–water partition coefficient (Wildman–Crippen LogP) is 4.38. The summed E-state index contributed by atoms with van der Waals surface area (Å²) >= 11 is 0. The summed E-state index contributed by atoms with van der Waals surface area (Å²) in [6.07, 6.45) is 2.10. The van der Waals surface area contributed by atoms with Crippen LogP contribution >= 0.6 is 0 Å². The van der Waals surface area contributed by atoms with Gasteiger partial charge in [-0.25, -0.2) is 17.5 Å². The number of sulfonamides is 1. The highest BCUT2D eigenvalue weighted by atomic mass is 32.2. The van der Waals surface area contributed by atoms with Gasteiger partial charge in [0.2, 0.25) is 10.0 Å². The average molecular weight is 459 g/mol. The molecule has 7 nitrogen and oxygen atoms in total. The summed E-state index contributed by atoms with van der Waals surface area (Å²) in [6, 6.07) is 8.58. The van der Waals surface area contributed by atoms with Crippen LogP contribution in [0.3, 0.4) is 0 Å². The van der Waals surface area contributed by atoms with Crippen LogP contribution in [0.1, 0.15) is 46.8 Å². The van der Waals surface area contributed by atoms with Crippen molar-refractivity contribution >= 4 is 27.4 Å². The molecule has 0 amide bonds. The number of aryl methyl sites for hydroxylation is 2. The zero-order valence-corrected chi connectivity index (χ0v) is 20.0. The number of hydrogen-bond acceptors (Lipinski definition) is 5. The van der Waals surface area contributed by atoms with Gasteiger partial charge in [-0.2, -0.15) is 0 Å². The molecule has 0 fully saturated rings. The number of nitrogens with zero attached hydrogens (tertiary/aromatic N) is 2. The molecule has 0 bridgehead atoms. The van der Waals surface area contributed by atoms with E-state index in [1.165, 1.54) is 4.31 Å². The summed E-state index contributed by atoms with van der Waals surface area (Å²) in [7, 11) is -0.559. The van der Waals surface area contributed by atoms with Gasteiger partial charge >= 0.3 is 5.97 Å². The molecule has 2 aromatic rings. The minimum atomic E-state index is -3.70. The summed E-state index contributed by atoms with van der Waals surface area (Å²) in [5.74, 6) is -0.445. The van der Waals surface area contributed by atoms with Gasteiger partial charge in [-0.15, -0.1) is 0 Å². The van der Waals surface area contributed by atoms with Crippen LogP contribution < -0.4 is 4.74 Å². The monoisotopic (exact) mass is 458 g/mol. The molecule has 172 valence electrons. The highest BCUT2D eigenvalue weighted by Gasteiger charge is 2.28. The van der Waals surface area contributed by atoms with Crippen molar-refractivity contribution in [3.05, 3.63) is 52.6 Å². The number of methoxy groups -OCH3 is 1. The van der Waals surface area contributed by atoms with Gasteiger partial charge in [0.15, 0.2) is 0 Å². The Morgan fingerprint density at radius 2 is 1.88 bits per heavy atom. The van der Waals surface area contributed by atoms with Crippen molar-refractivity contribution in [2.45, 2.75) is 44.9 Å². The number of fused-ring (bicyclic) bond motifs is 1. The molecule has 0 saturated heterocycles. The predicted molar refractivity (Wildman–Crippen MR) is 125 cm³/mol. The zero-order valence-electron chi connectivity index (χ0n) is 19.2. The van der Waals surface area contributed by atoms with Crippen molar-refractivity contribution < 1.29 is 23.1 Å². The quantitative estimate of drug-likeness (QED) is 0.664. The Balaban J connectivity index is 1.88.